The molecule has 2 aliphatic heterocycles. The van der Waals surface area contributed by atoms with E-state index in [0.717, 1.165) is 50.1 Å². The molecular formula is C25H31Cl2N3O4S. The molecule has 2 aromatic rings. The number of carbonyl (C=O) groups excluding carboxylic acids is 1. The highest BCUT2D eigenvalue weighted by Gasteiger charge is 2.32. The molecule has 0 bridgehead atoms. The van der Waals surface area contributed by atoms with E-state index in [4.69, 9.17) is 27.9 Å². The topological polar surface area (TPSA) is 79.0 Å². The largest absolute Gasteiger partial charge is 0.490 e. The van der Waals surface area contributed by atoms with Gasteiger partial charge in [0.1, 0.15) is 11.9 Å². The summed E-state index contributed by atoms with van der Waals surface area (Å²) in [5.74, 6) is 0.776. The van der Waals surface area contributed by atoms with Gasteiger partial charge in [-0.1, -0.05) is 41.4 Å². The molecule has 35 heavy (non-hydrogen) atoms. The third-order valence-corrected chi connectivity index (χ3v) is 9.31. The average molecular weight is 541 g/mol. The zero-order chi connectivity index (χ0) is 25.2. The summed E-state index contributed by atoms with van der Waals surface area (Å²) in [7, 11) is -3.89. The summed E-state index contributed by atoms with van der Waals surface area (Å²) in [5.41, 5.74) is 1.46. The number of sulfonamides is 1. The minimum atomic E-state index is -3.89. The van der Waals surface area contributed by atoms with E-state index in [9.17, 15) is 13.2 Å². The molecule has 190 valence electrons. The Morgan fingerprint density at radius 3 is 2.29 bits per heavy atom. The Morgan fingerprint density at radius 1 is 0.971 bits per heavy atom. The van der Waals surface area contributed by atoms with Crippen LogP contribution in [0.3, 0.4) is 0 Å². The number of ether oxygens (including phenoxy) is 1. The van der Waals surface area contributed by atoms with Crippen LogP contribution in [0.15, 0.2) is 41.3 Å². The smallest absolute Gasteiger partial charge is 0.331 e. The first-order chi connectivity index (χ1) is 16.7. The van der Waals surface area contributed by atoms with Gasteiger partial charge in [0.2, 0.25) is 0 Å². The van der Waals surface area contributed by atoms with E-state index >= 15 is 0 Å². The molecule has 0 atom stereocenters. The lowest BCUT2D eigenvalue weighted by molar-refractivity contribution is 0.0537. The molecule has 4 rings (SSSR count). The molecule has 2 amide bonds. The number of benzene rings is 2. The van der Waals surface area contributed by atoms with Crippen molar-refractivity contribution < 1.29 is 17.9 Å². The number of likely N-dealkylation sites (tertiary alicyclic amines) is 2. The van der Waals surface area contributed by atoms with Gasteiger partial charge in [-0.05, 0) is 63.3 Å². The average Bonchev–Trinajstić information content (AvgIpc) is 2.85. The Kier molecular flexibility index (Phi) is 8.16. The maximum Gasteiger partial charge on any atom is 0.331 e. The molecule has 2 aliphatic rings. The van der Waals surface area contributed by atoms with Gasteiger partial charge in [-0.3, -0.25) is 4.90 Å². The van der Waals surface area contributed by atoms with E-state index in [1.807, 2.05) is 13.0 Å². The molecule has 2 heterocycles. The number of rotatable bonds is 5. The van der Waals surface area contributed by atoms with Crippen molar-refractivity contribution in [2.75, 3.05) is 26.2 Å². The molecule has 0 aliphatic carbocycles. The first-order valence-electron chi connectivity index (χ1n) is 11.9. The first-order valence-corrected chi connectivity index (χ1v) is 14.1. The van der Waals surface area contributed by atoms with E-state index < -0.39 is 16.1 Å². The van der Waals surface area contributed by atoms with Crippen LogP contribution in [-0.2, 0) is 10.0 Å². The molecule has 2 fully saturated rings. The van der Waals surface area contributed by atoms with Crippen molar-refractivity contribution in [3.8, 4) is 5.75 Å². The van der Waals surface area contributed by atoms with Gasteiger partial charge in [0, 0.05) is 37.8 Å². The highest BCUT2D eigenvalue weighted by atomic mass is 35.5. The number of carbonyl (C=O) groups is 1. The summed E-state index contributed by atoms with van der Waals surface area (Å²) in [6.07, 6.45) is 3.58. The first kappa shape index (κ1) is 26.1. The number of hydrogen-bond acceptors (Lipinski definition) is 5. The van der Waals surface area contributed by atoms with Crippen molar-refractivity contribution in [3.63, 3.8) is 0 Å². The number of piperidine rings is 2. The monoisotopic (exact) mass is 539 g/mol. The Bertz CT molecular complexity index is 1180. The van der Waals surface area contributed by atoms with Crippen LogP contribution in [0.4, 0.5) is 4.79 Å². The maximum absolute atomic E-state index is 12.7. The number of nitrogens with zero attached hydrogens (tertiary/aromatic N) is 2. The number of aryl methyl sites for hydroxylation is 1. The van der Waals surface area contributed by atoms with Gasteiger partial charge in [-0.25, -0.2) is 17.9 Å². The van der Waals surface area contributed by atoms with E-state index in [1.165, 1.54) is 6.07 Å². The molecule has 7 nitrogen and oxygen atoms in total. The summed E-state index contributed by atoms with van der Waals surface area (Å²) in [5, 5.41) is 1.06. The second-order valence-electron chi connectivity index (χ2n) is 9.23. The normalized spacial score (nSPS) is 18.5. The predicted molar refractivity (Wildman–Crippen MR) is 138 cm³/mol. The van der Waals surface area contributed by atoms with E-state index in [-0.39, 0.29) is 11.0 Å². The van der Waals surface area contributed by atoms with Crippen molar-refractivity contribution in [1.29, 1.82) is 0 Å². The second-order valence-corrected chi connectivity index (χ2v) is 11.7. The molecule has 2 aromatic carbocycles. The lowest BCUT2D eigenvalue weighted by atomic mass is 9.99. The zero-order valence-electron chi connectivity index (χ0n) is 20.0. The van der Waals surface area contributed by atoms with Gasteiger partial charge < -0.3 is 9.64 Å². The Labute approximate surface area is 217 Å². The van der Waals surface area contributed by atoms with Crippen LogP contribution in [0.2, 0.25) is 10.0 Å². The molecule has 0 radical (unpaired) electrons. The zero-order valence-corrected chi connectivity index (χ0v) is 22.3. The van der Waals surface area contributed by atoms with Gasteiger partial charge in [-0.15, -0.1) is 0 Å². The Hall–Kier alpha value is -2.00. The molecule has 0 spiro atoms. The summed E-state index contributed by atoms with van der Waals surface area (Å²) in [6, 6.07) is 10.1. The number of nitrogens with one attached hydrogen (secondary N) is 1. The van der Waals surface area contributed by atoms with Crippen LogP contribution >= 0.6 is 23.2 Å². The predicted octanol–water partition coefficient (Wildman–Crippen LogP) is 5.02. The number of hydrogen-bond donors (Lipinski definition) is 1. The second kappa shape index (κ2) is 10.9. The Balaban J connectivity index is 1.25. The van der Waals surface area contributed by atoms with Crippen molar-refractivity contribution in [1.82, 2.24) is 14.5 Å². The van der Waals surface area contributed by atoms with Gasteiger partial charge >= 0.3 is 6.03 Å². The number of urea groups is 1. The lowest BCUT2D eigenvalue weighted by Crippen LogP contribution is -2.52. The van der Waals surface area contributed by atoms with Crippen molar-refractivity contribution in [2.24, 2.45) is 0 Å². The van der Waals surface area contributed by atoms with Crippen LogP contribution in [0.5, 0.6) is 5.75 Å². The molecule has 0 saturated carbocycles. The summed E-state index contributed by atoms with van der Waals surface area (Å²) >= 11 is 12.3. The summed E-state index contributed by atoms with van der Waals surface area (Å²) in [4.78, 5) is 16.8. The maximum atomic E-state index is 12.7. The number of halogens is 2. The minimum Gasteiger partial charge on any atom is -0.490 e. The number of amides is 2. The summed E-state index contributed by atoms with van der Waals surface area (Å²) in [6.45, 7) is 6.52. The van der Waals surface area contributed by atoms with E-state index in [2.05, 4.69) is 9.62 Å². The highest BCUT2D eigenvalue weighted by Crippen LogP contribution is 2.34. The van der Waals surface area contributed by atoms with Crippen LogP contribution < -0.4 is 9.46 Å². The quantitative estimate of drug-likeness (QED) is 0.577. The van der Waals surface area contributed by atoms with Gasteiger partial charge in [-0.2, -0.15) is 0 Å². The fourth-order valence-corrected chi connectivity index (χ4v) is 6.41. The fraction of sp³-hybridized carbons (Fsp3) is 0.480. The van der Waals surface area contributed by atoms with E-state index in [1.54, 1.807) is 36.1 Å². The SMILES string of the molecule is Cc1ccccc1S(=O)(=O)NC(=O)N1CCC(N2CCC(Oc3ccc(Cl)c(Cl)c3C)CC2)CC1. The van der Waals surface area contributed by atoms with Crippen LogP contribution in [0.25, 0.3) is 0 Å². The fourth-order valence-electron chi connectivity index (χ4n) is 4.83. The summed E-state index contributed by atoms with van der Waals surface area (Å²) < 4.78 is 33.7. The molecule has 10 heteroatoms. The van der Waals surface area contributed by atoms with Gasteiger partial charge in [0.25, 0.3) is 10.0 Å². The van der Waals surface area contributed by atoms with E-state index in [0.29, 0.717) is 34.7 Å². The van der Waals surface area contributed by atoms with Crippen LogP contribution in [0, 0.1) is 13.8 Å². The minimum absolute atomic E-state index is 0.125. The molecule has 1 N–H and O–H groups in total. The Morgan fingerprint density at radius 2 is 1.63 bits per heavy atom. The van der Waals surface area contributed by atoms with Crippen LogP contribution in [-0.4, -0.2) is 62.6 Å². The van der Waals surface area contributed by atoms with Crippen molar-refractivity contribution in [2.45, 2.75) is 56.6 Å². The molecular weight excluding hydrogens is 509 g/mol. The highest BCUT2D eigenvalue weighted by molar-refractivity contribution is 7.90. The standard InChI is InChI=1S/C25H31Cl2N3O4S/c1-17-5-3-4-6-23(17)35(32,33)28-25(31)30-13-9-19(10-14-30)29-15-11-20(12-16-29)34-22-8-7-21(26)24(27)18(22)2/h3-8,19-20H,9-16H2,1-2H3,(H,28,31). The third-order valence-electron chi connectivity index (χ3n) is 6.93. The molecule has 2 saturated heterocycles. The van der Waals surface area contributed by atoms with Gasteiger partial charge in [0.05, 0.1) is 14.9 Å². The van der Waals surface area contributed by atoms with Crippen molar-refractivity contribution in [3.05, 3.63) is 57.6 Å². The lowest BCUT2D eigenvalue weighted by Gasteiger charge is -2.41. The molecule has 0 aromatic heterocycles. The van der Waals surface area contributed by atoms with Gasteiger partial charge in [0.15, 0.2) is 0 Å². The molecule has 0 unspecified atom stereocenters. The van der Waals surface area contributed by atoms with Crippen LogP contribution in [0.1, 0.15) is 36.8 Å². The third kappa shape index (κ3) is 6.05. The van der Waals surface area contributed by atoms with Crippen molar-refractivity contribution >= 4 is 39.3 Å².